The lowest BCUT2D eigenvalue weighted by Gasteiger charge is -2.19. The van der Waals surface area contributed by atoms with E-state index < -0.39 is 0 Å². The van der Waals surface area contributed by atoms with Crippen molar-refractivity contribution in [3.63, 3.8) is 0 Å². The van der Waals surface area contributed by atoms with Crippen molar-refractivity contribution in [1.82, 2.24) is 15.5 Å². The monoisotopic (exact) mass is 197 g/mol. The fourth-order valence-electron chi connectivity index (χ4n) is 1.67. The van der Waals surface area contributed by atoms with Crippen LogP contribution in [0, 0.1) is 6.92 Å². The van der Waals surface area contributed by atoms with Crippen LogP contribution in [-0.4, -0.2) is 22.7 Å². The number of aryl methyl sites for hydroxylation is 1. The highest BCUT2D eigenvalue weighted by atomic mass is 16.5. The molecule has 4 heteroatoms. The minimum atomic E-state index is 0.316. The summed E-state index contributed by atoms with van der Waals surface area (Å²) in [5, 5.41) is 7.19. The Labute approximate surface area is 85.1 Å². The molecule has 2 atom stereocenters. The minimum absolute atomic E-state index is 0.316. The third-order valence-electron chi connectivity index (χ3n) is 2.43. The Kier molecular flexibility index (Phi) is 4.07. The van der Waals surface area contributed by atoms with Crippen molar-refractivity contribution in [3.05, 3.63) is 11.7 Å². The Morgan fingerprint density at radius 1 is 1.43 bits per heavy atom. The number of nitrogens with zero attached hydrogens (tertiary/aromatic N) is 2. The van der Waals surface area contributed by atoms with E-state index in [1.165, 1.54) is 0 Å². The van der Waals surface area contributed by atoms with Crippen LogP contribution in [0.4, 0.5) is 0 Å². The van der Waals surface area contributed by atoms with E-state index in [0.29, 0.717) is 17.8 Å². The second-order valence-electron chi connectivity index (χ2n) is 3.54. The first kappa shape index (κ1) is 11.2. The van der Waals surface area contributed by atoms with Gasteiger partial charge in [0.1, 0.15) is 0 Å². The maximum Gasteiger partial charge on any atom is 0.231 e. The molecule has 0 aromatic carbocycles. The lowest BCUT2D eigenvalue weighted by atomic mass is 9.98. The number of aromatic nitrogens is 2. The van der Waals surface area contributed by atoms with Crippen LogP contribution >= 0.6 is 0 Å². The van der Waals surface area contributed by atoms with Crippen LogP contribution in [-0.2, 0) is 0 Å². The Bertz CT molecular complexity index is 272. The molecular formula is C10H19N3O. The molecule has 1 N–H and O–H groups in total. The van der Waals surface area contributed by atoms with Gasteiger partial charge in [-0.1, -0.05) is 19.0 Å². The van der Waals surface area contributed by atoms with E-state index in [1.807, 2.05) is 6.92 Å². The van der Waals surface area contributed by atoms with Crippen molar-refractivity contribution in [3.8, 4) is 0 Å². The summed E-state index contributed by atoms with van der Waals surface area (Å²) in [6, 6.07) is 0.379. The van der Waals surface area contributed by atoms with Gasteiger partial charge in [-0.2, -0.15) is 4.98 Å². The molecule has 2 unspecified atom stereocenters. The van der Waals surface area contributed by atoms with Crippen LogP contribution < -0.4 is 5.32 Å². The summed E-state index contributed by atoms with van der Waals surface area (Å²) < 4.78 is 5.18. The zero-order valence-corrected chi connectivity index (χ0v) is 9.37. The van der Waals surface area contributed by atoms with Crippen molar-refractivity contribution in [2.45, 2.75) is 46.1 Å². The molecule has 14 heavy (non-hydrogen) atoms. The number of hydrogen-bond donors (Lipinski definition) is 1. The van der Waals surface area contributed by atoms with Crippen LogP contribution in [0.5, 0.6) is 0 Å². The summed E-state index contributed by atoms with van der Waals surface area (Å²) in [7, 11) is 0. The van der Waals surface area contributed by atoms with Crippen molar-refractivity contribution in [2.75, 3.05) is 6.54 Å². The number of rotatable bonds is 5. The second kappa shape index (κ2) is 5.10. The Morgan fingerprint density at radius 3 is 2.57 bits per heavy atom. The van der Waals surface area contributed by atoms with Crippen molar-refractivity contribution < 1.29 is 4.52 Å². The smallest absolute Gasteiger partial charge is 0.231 e. The Balaban J connectivity index is 2.71. The van der Waals surface area contributed by atoms with Crippen LogP contribution in [0.2, 0.25) is 0 Å². The number of hydrogen-bond acceptors (Lipinski definition) is 4. The van der Waals surface area contributed by atoms with E-state index in [9.17, 15) is 0 Å². The molecule has 0 aliphatic heterocycles. The first-order valence-electron chi connectivity index (χ1n) is 5.22. The second-order valence-corrected chi connectivity index (χ2v) is 3.54. The first-order valence-corrected chi connectivity index (χ1v) is 5.22. The van der Waals surface area contributed by atoms with Gasteiger partial charge in [-0.3, -0.25) is 0 Å². The molecule has 0 radical (unpaired) electrons. The molecule has 0 fully saturated rings. The van der Waals surface area contributed by atoms with E-state index in [0.717, 1.165) is 18.9 Å². The number of nitrogens with one attached hydrogen (secondary N) is 1. The fourth-order valence-corrected chi connectivity index (χ4v) is 1.67. The molecule has 0 aliphatic carbocycles. The Morgan fingerprint density at radius 2 is 2.14 bits per heavy atom. The van der Waals surface area contributed by atoms with Gasteiger partial charge in [-0.05, 0) is 26.8 Å². The van der Waals surface area contributed by atoms with Gasteiger partial charge in [0.25, 0.3) is 0 Å². The summed E-state index contributed by atoms with van der Waals surface area (Å²) in [5.41, 5.74) is 0. The topological polar surface area (TPSA) is 51.0 Å². The summed E-state index contributed by atoms with van der Waals surface area (Å²) in [6.07, 6.45) is 1.01. The molecule has 0 saturated heterocycles. The molecule has 0 amide bonds. The molecule has 4 nitrogen and oxygen atoms in total. The van der Waals surface area contributed by atoms with Gasteiger partial charge in [-0.15, -0.1) is 0 Å². The van der Waals surface area contributed by atoms with Gasteiger partial charge in [0.2, 0.25) is 5.89 Å². The maximum atomic E-state index is 5.18. The maximum absolute atomic E-state index is 5.18. The molecule has 1 heterocycles. The molecule has 0 saturated carbocycles. The van der Waals surface area contributed by atoms with Crippen molar-refractivity contribution in [1.29, 1.82) is 0 Å². The van der Waals surface area contributed by atoms with Crippen LogP contribution in [0.3, 0.4) is 0 Å². The highest BCUT2D eigenvalue weighted by molar-refractivity contribution is 4.96. The summed E-state index contributed by atoms with van der Waals surface area (Å²) in [4.78, 5) is 4.27. The van der Waals surface area contributed by atoms with E-state index in [1.54, 1.807) is 0 Å². The normalized spacial score (nSPS) is 15.4. The SMILES string of the molecule is CCNC(C)C(CC)c1nc(C)no1. The summed E-state index contributed by atoms with van der Waals surface area (Å²) >= 11 is 0. The average molecular weight is 197 g/mol. The van der Waals surface area contributed by atoms with E-state index in [4.69, 9.17) is 4.52 Å². The zero-order chi connectivity index (χ0) is 10.6. The van der Waals surface area contributed by atoms with Crippen LogP contribution in [0.15, 0.2) is 4.52 Å². The van der Waals surface area contributed by atoms with E-state index in [-0.39, 0.29) is 0 Å². The van der Waals surface area contributed by atoms with Gasteiger partial charge in [-0.25, -0.2) is 0 Å². The zero-order valence-electron chi connectivity index (χ0n) is 9.37. The van der Waals surface area contributed by atoms with Crippen molar-refractivity contribution in [2.24, 2.45) is 0 Å². The minimum Gasteiger partial charge on any atom is -0.339 e. The van der Waals surface area contributed by atoms with Gasteiger partial charge in [0.05, 0.1) is 5.92 Å². The van der Waals surface area contributed by atoms with Crippen LogP contribution in [0.25, 0.3) is 0 Å². The molecule has 0 spiro atoms. The summed E-state index contributed by atoms with van der Waals surface area (Å²) in [5.74, 6) is 1.77. The van der Waals surface area contributed by atoms with E-state index >= 15 is 0 Å². The molecular weight excluding hydrogens is 178 g/mol. The highest BCUT2D eigenvalue weighted by Gasteiger charge is 2.22. The van der Waals surface area contributed by atoms with Gasteiger partial charge < -0.3 is 9.84 Å². The third-order valence-corrected chi connectivity index (χ3v) is 2.43. The third kappa shape index (κ3) is 2.54. The first-order chi connectivity index (χ1) is 6.69. The van der Waals surface area contributed by atoms with Gasteiger partial charge in [0, 0.05) is 6.04 Å². The average Bonchev–Trinajstić information content (AvgIpc) is 2.54. The number of likely N-dealkylation sites (N-methyl/N-ethyl adjacent to an activating group) is 1. The lowest BCUT2D eigenvalue weighted by Crippen LogP contribution is -2.31. The molecule has 0 aliphatic rings. The lowest BCUT2D eigenvalue weighted by molar-refractivity contribution is 0.316. The highest BCUT2D eigenvalue weighted by Crippen LogP contribution is 2.21. The molecule has 1 aromatic heterocycles. The standard InChI is InChI=1S/C10H19N3O/c1-5-9(7(3)11-6-2)10-12-8(4)13-14-10/h7,9,11H,5-6H2,1-4H3. The predicted octanol–water partition coefficient (Wildman–Crippen LogP) is 1.87. The molecule has 1 rings (SSSR count). The molecule has 80 valence electrons. The molecule has 0 bridgehead atoms. The Hall–Kier alpha value is -0.900. The quantitative estimate of drug-likeness (QED) is 0.783. The van der Waals surface area contributed by atoms with Crippen molar-refractivity contribution >= 4 is 0 Å². The largest absolute Gasteiger partial charge is 0.339 e. The predicted molar refractivity (Wildman–Crippen MR) is 55.2 cm³/mol. The summed E-state index contributed by atoms with van der Waals surface area (Å²) in [6.45, 7) is 9.19. The fraction of sp³-hybridized carbons (Fsp3) is 0.800. The molecule has 1 aromatic rings. The van der Waals surface area contributed by atoms with Crippen LogP contribution in [0.1, 0.15) is 44.8 Å². The van der Waals surface area contributed by atoms with Gasteiger partial charge in [0.15, 0.2) is 5.82 Å². The van der Waals surface area contributed by atoms with Gasteiger partial charge >= 0.3 is 0 Å². The van der Waals surface area contributed by atoms with E-state index in [2.05, 4.69) is 36.2 Å².